The Hall–Kier alpha value is -3.59. The highest BCUT2D eigenvalue weighted by Crippen LogP contribution is 2.40. The van der Waals surface area contributed by atoms with Crippen LogP contribution in [0.4, 0.5) is 15.8 Å². The summed E-state index contributed by atoms with van der Waals surface area (Å²) >= 11 is 0. The molecule has 2 aromatic carbocycles. The molecule has 172 valence electrons. The normalized spacial score (nSPS) is 14.8. The molecule has 1 amide bonds. The van der Waals surface area contributed by atoms with Crippen molar-refractivity contribution in [2.24, 2.45) is 0 Å². The molecule has 6 heteroatoms. The van der Waals surface area contributed by atoms with Crippen LogP contribution in [0.25, 0.3) is 11.6 Å². The molecule has 0 spiro atoms. The topological polar surface area (TPSA) is 65.4 Å². The first-order valence-corrected chi connectivity index (χ1v) is 11.2. The summed E-state index contributed by atoms with van der Waals surface area (Å²) in [5.41, 5.74) is 3.09. The number of amides is 1. The molecule has 0 aliphatic carbocycles. The Morgan fingerprint density at radius 1 is 1.24 bits per heavy atom. The zero-order chi connectivity index (χ0) is 24.2. The monoisotopic (exact) mass is 447 g/mol. The van der Waals surface area contributed by atoms with Crippen LogP contribution in [0.3, 0.4) is 0 Å². The standard InChI is InChI=1S/C27H30FN3O2/c1-6-12-31-25-15-24(28)19(14-23(25)18(3)16-27(31,4)5)13-20(17-29)26(32)30-21-8-10-22(11-9-21)33-7-2/h8-11,13-16H,6-7,12H2,1-5H3,(H,30,32)/b20-13+. The average Bonchev–Trinajstić information content (AvgIpc) is 2.76. The van der Waals surface area contributed by atoms with Crippen molar-refractivity contribution in [3.05, 3.63) is 65.0 Å². The molecule has 0 aromatic heterocycles. The number of anilines is 2. The highest BCUT2D eigenvalue weighted by atomic mass is 19.1. The van der Waals surface area contributed by atoms with Gasteiger partial charge in [0.05, 0.1) is 12.1 Å². The van der Waals surface area contributed by atoms with E-state index in [0.29, 0.717) is 18.0 Å². The predicted molar refractivity (Wildman–Crippen MR) is 132 cm³/mol. The number of fused-ring (bicyclic) bond motifs is 1. The third kappa shape index (κ3) is 5.25. The van der Waals surface area contributed by atoms with E-state index >= 15 is 4.39 Å². The Morgan fingerprint density at radius 2 is 1.94 bits per heavy atom. The minimum Gasteiger partial charge on any atom is -0.494 e. The minimum atomic E-state index is -0.597. The summed E-state index contributed by atoms with van der Waals surface area (Å²) in [5, 5.41) is 12.3. The third-order valence-electron chi connectivity index (χ3n) is 5.63. The molecule has 0 bridgehead atoms. The summed E-state index contributed by atoms with van der Waals surface area (Å²) < 4.78 is 20.5. The van der Waals surface area contributed by atoms with E-state index < -0.39 is 11.7 Å². The summed E-state index contributed by atoms with van der Waals surface area (Å²) in [4.78, 5) is 14.9. The van der Waals surface area contributed by atoms with Gasteiger partial charge in [0.25, 0.3) is 5.91 Å². The van der Waals surface area contributed by atoms with Crippen molar-refractivity contribution in [1.82, 2.24) is 0 Å². The lowest BCUT2D eigenvalue weighted by Gasteiger charge is -2.43. The number of hydrogen-bond donors (Lipinski definition) is 1. The van der Waals surface area contributed by atoms with Crippen LogP contribution in [0.5, 0.6) is 5.75 Å². The minimum absolute atomic E-state index is 0.175. The van der Waals surface area contributed by atoms with E-state index in [0.717, 1.165) is 29.8 Å². The van der Waals surface area contributed by atoms with Gasteiger partial charge in [0.2, 0.25) is 0 Å². The molecule has 1 heterocycles. The zero-order valence-electron chi connectivity index (χ0n) is 19.8. The van der Waals surface area contributed by atoms with Crippen LogP contribution < -0.4 is 15.0 Å². The van der Waals surface area contributed by atoms with E-state index in [1.807, 2.05) is 19.9 Å². The number of rotatable bonds is 7. The molecule has 0 unspecified atom stereocenters. The van der Waals surface area contributed by atoms with Gasteiger partial charge in [0.15, 0.2) is 0 Å². The molecule has 2 aromatic rings. The van der Waals surface area contributed by atoms with Gasteiger partial charge >= 0.3 is 0 Å². The molecule has 1 N–H and O–H groups in total. The average molecular weight is 448 g/mol. The smallest absolute Gasteiger partial charge is 0.266 e. The number of allylic oxidation sites excluding steroid dienone is 1. The van der Waals surface area contributed by atoms with Gasteiger partial charge in [-0.3, -0.25) is 4.79 Å². The van der Waals surface area contributed by atoms with E-state index in [2.05, 4.69) is 37.1 Å². The first kappa shape index (κ1) is 24.1. The lowest BCUT2D eigenvalue weighted by atomic mass is 9.87. The van der Waals surface area contributed by atoms with Gasteiger partial charge in [-0.15, -0.1) is 0 Å². The molecular weight excluding hydrogens is 417 g/mol. The van der Waals surface area contributed by atoms with Crippen molar-refractivity contribution in [2.75, 3.05) is 23.4 Å². The number of nitrogens with one attached hydrogen (secondary N) is 1. The maximum Gasteiger partial charge on any atom is 0.266 e. The van der Waals surface area contributed by atoms with E-state index in [4.69, 9.17) is 4.74 Å². The molecule has 0 saturated carbocycles. The molecule has 33 heavy (non-hydrogen) atoms. The number of carbonyl (C=O) groups is 1. The largest absolute Gasteiger partial charge is 0.494 e. The van der Waals surface area contributed by atoms with Gasteiger partial charge in [0.1, 0.15) is 23.2 Å². The number of nitriles is 1. The summed E-state index contributed by atoms with van der Waals surface area (Å²) in [5.74, 6) is -0.381. The van der Waals surface area contributed by atoms with Crippen LogP contribution >= 0.6 is 0 Å². The Morgan fingerprint density at radius 3 is 2.55 bits per heavy atom. The molecule has 0 radical (unpaired) electrons. The molecule has 1 aliphatic heterocycles. The van der Waals surface area contributed by atoms with E-state index in [9.17, 15) is 10.1 Å². The lowest BCUT2D eigenvalue weighted by Crippen LogP contribution is -2.45. The van der Waals surface area contributed by atoms with Crippen LogP contribution in [0.1, 0.15) is 52.2 Å². The number of halogens is 1. The van der Waals surface area contributed by atoms with Crippen LogP contribution in [0.2, 0.25) is 0 Å². The predicted octanol–water partition coefficient (Wildman–Crippen LogP) is 6.18. The van der Waals surface area contributed by atoms with Crippen LogP contribution in [-0.4, -0.2) is 24.6 Å². The highest BCUT2D eigenvalue weighted by molar-refractivity contribution is 6.09. The highest BCUT2D eigenvalue weighted by Gasteiger charge is 2.31. The maximum absolute atomic E-state index is 15.1. The summed E-state index contributed by atoms with van der Waals surface area (Å²) in [7, 11) is 0. The van der Waals surface area contributed by atoms with Crippen molar-refractivity contribution in [1.29, 1.82) is 5.26 Å². The van der Waals surface area contributed by atoms with Gasteiger partial charge in [0, 0.05) is 29.0 Å². The van der Waals surface area contributed by atoms with Gasteiger partial charge in [-0.25, -0.2) is 4.39 Å². The number of carbonyl (C=O) groups excluding carboxylic acids is 1. The van der Waals surface area contributed by atoms with Crippen LogP contribution in [0, 0.1) is 17.1 Å². The molecule has 1 aliphatic rings. The van der Waals surface area contributed by atoms with Crippen LogP contribution in [-0.2, 0) is 4.79 Å². The fraction of sp³-hybridized carbons (Fsp3) is 0.333. The van der Waals surface area contributed by atoms with Crippen molar-refractivity contribution < 1.29 is 13.9 Å². The second kappa shape index (κ2) is 9.91. The summed E-state index contributed by atoms with van der Waals surface area (Å²) in [6.45, 7) is 11.5. The molecular formula is C27H30FN3O2. The number of hydrogen-bond acceptors (Lipinski definition) is 4. The quantitative estimate of drug-likeness (QED) is 0.406. The lowest BCUT2D eigenvalue weighted by molar-refractivity contribution is -0.112. The zero-order valence-corrected chi connectivity index (χ0v) is 19.8. The Labute approximate surface area is 195 Å². The van der Waals surface area contributed by atoms with E-state index in [1.165, 1.54) is 12.1 Å². The fourth-order valence-corrected chi connectivity index (χ4v) is 4.16. The third-order valence-corrected chi connectivity index (χ3v) is 5.63. The summed E-state index contributed by atoms with van der Waals surface area (Å²) in [6.07, 6.45) is 4.40. The second-order valence-corrected chi connectivity index (χ2v) is 8.60. The first-order valence-electron chi connectivity index (χ1n) is 11.2. The van der Waals surface area contributed by atoms with Crippen LogP contribution in [0.15, 0.2) is 48.0 Å². The Bertz CT molecular complexity index is 1140. The molecule has 3 rings (SSSR count). The van der Waals surface area contributed by atoms with Gasteiger partial charge < -0.3 is 15.0 Å². The molecule has 0 atom stereocenters. The van der Waals surface area contributed by atoms with Gasteiger partial charge in [-0.1, -0.05) is 13.0 Å². The van der Waals surface area contributed by atoms with Crippen molar-refractivity contribution in [3.8, 4) is 11.8 Å². The number of benzene rings is 2. The molecule has 0 saturated heterocycles. The maximum atomic E-state index is 15.1. The Balaban J connectivity index is 1.92. The second-order valence-electron chi connectivity index (χ2n) is 8.60. The Kier molecular flexibility index (Phi) is 7.23. The van der Waals surface area contributed by atoms with E-state index in [1.54, 1.807) is 30.3 Å². The van der Waals surface area contributed by atoms with E-state index in [-0.39, 0.29) is 16.7 Å². The van der Waals surface area contributed by atoms with Gasteiger partial charge in [-0.2, -0.15) is 5.26 Å². The first-order chi connectivity index (χ1) is 15.7. The number of ether oxygens (including phenoxy) is 1. The number of nitrogens with zero attached hydrogens (tertiary/aromatic N) is 2. The summed E-state index contributed by atoms with van der Waals surface area (Å²) in [6, 6.07) is 12.0. The van der Waals surface area contributed by atoms with Crippen molar-refractivity contribution in [3.63, 3.8) is 0 Å². The fourth-order valence-electron chi connectivity index (χ4n) is 4.16. The van der Waals surface area contributed by atoms with Crippen molar-refractivity contribution >= 4 is 28.9 Å². The SMILES string of the molecule is CCCN1c2cc(F)c(/C=C(\C#N)C(=O)Nc3ccc(OCC)cc3)cc2C(C)=CC1(C)C. The van der Waals surface area contributed by atoms with Crippen molar-refractivity contribution in [2.45, 2.75) is 46.6 Å². The van der Waals surface area contributed by atoms with Gasteiger partial charge in [-0.05, 0) is 82.2 Å². The molecule has 0 fully saturated rings. The molecule has 5 nitrogen and oxygen atoms in total.